The Morgan fingerprint density at radius 2 is 1.53 bits per heavy atom. The van der Waals surface area contributed by atoms with Gasteiger partial charge in [-0.2, -0.15) is 0 Å². The van der Waals surface area contributed by atoms with Crippen LogP contribution in [0.25, 0.3) is 5.76 Å². The summed E-state index contributed by atoms with van der Waals surface area (Å²) in [4.78, 5) is 27.7. The van der Waals surface area contributed by atoms with Crippen molar-refractivity contribution >= 4 is 46.3 Å². The first-order valence-electron chi connectivity index (χ1n) is 9.81. The number of aliphatic hydroxyl groups excluding tert-OH is 1. The van der Waals surface area contributed by atoms with Gasteiger partial charge in [-0.15, -0.1) is 0 Å². The number of aryl methyl sites for hydroxylation is 2. The quantitative estimate of drug-likeness (QED) is 0.283. The topological polar surface area (TPSA) is 77.8 Å². The predicted octanol–water partition coefficient (Wildman–Crippen LogP) is 5.94. The molecule has 1 aliphatic rings. The molecule has 0 radical (unpaired) electrons. The zero-order chi connectivity index (χ0) is 23.2. The standard InChI is InChI=1S/C25H19Cl2NO4/c1-13-9-14(2)11-18(10-13)28-22(16-5-8-20(29)19(27)12-16)21(24(31)25(28)32)23(30)15-3-6-17(26)7-4-15/h3-12,22,29-30H,1-2H3/b23-21-. The molecule has 7 heteroatoms. The minimum atomic E-state index is -0.940. The van der Waals surface area contributed by atoms with Crippen molar-refractivity contribution in [3.8, 4) is 5.75 Å². The third kappa shape index (κ3) is 3.85. The number of ketones is 1. The van der Waals surface area contributed by atoms with Gasteiger partial charge in [0, 0.05) is 16.3 Å². The van der Waals surface area contributed by atoms with E-state index in [1.165, 1.54) is 17.0 Å². The number of nitrogens with zero attached hydrogens (tertiary/aromatic N) is 1. The highest BCUT2D eigenvalue weighted by molar-refractivity contribution is 6.51. The fraction of sp³-hybridized carbons (Fsp3) is 0.120. The maximum absolute atomic E-state index is 13.2. The van der Waals surface area contributed by atoms with Gasteiger partial charge in [-0.25, -0.2) is 0 Å². The van der Waals surface area contributed by atoms with Crippen LogP contribution in [0, 0.1) is 13.8 Å². The molecule has 1 amide bonds. The second-order valence-corrected chi connectivity index (χ2v) is 8.58. The van der Waals surface area contributed by atoms with Gasteiger partial charge in [0.25, 0.3) is 11.7 Å². The number of benzene rings is 3. The molecule has 5 nitrogen and oxygen atoms in total. The van der Waals surface area contributed by atoms with Crippen LogP contribution in [0.2, 0.25) is 10.0 Å². The van der Waals surface area contributed by atoms with Gasteiger partial charge < -0.3 is 10.2 Å². The number of aromatic hydroxyl groups is 1. The van der Waals surface area contributed by atoms with E-state index in [0.717, 1.165) is 11.1 Å². The average molecular weight is 468 g/mol. The molecule has 1 atom stereocenters. The van der Waals surface area contributed by atoms with E-state index < -0.39 is 17.7 Å². The van der Waals surface area contributed by atoms with Crippen molar-refractivity contribution in [2.75, 3.05) is 4.90 Å². The van der Waals surface area contributed by atoms with Gasteiger partial charge in [0.1, 0.15) is 11.5 Å². The Kier molecular flexibility index (Phi) is 5.71. The van der Waals surface area contributed by atoms with Crippen LogP contribution in [0.3, 0.4) is 0 Å². The van der Waals surface area contributed by atoms with Crippen molar-refractivity contribution in [2.45, 2.75) is 19.9 Å². The lowest BCUT2D eigenvalue weighted by Crippen LogP contribution is -2.29. The Bertz CT molecular complexity index is 1260. The van der Waals surface area contributed by atoms with E-state index in [-0.39, 0.29) is 22.1 Å². The highest BCUT2D eigenvalue weighted by Crippen LogP contribution is 2.43. The van der Waals surface area contributed by atoms with Gasteiger partial charge in [-0.1, -0.05) is 35.3 Å². The number of amides is 1. The Morgan fingerprint density at radius 1 is 0.906 bits per heavy atom. The molecule has 1 unspecified atom stereocenters. The van der Waals surface area contributed by atoms with Crippen LogP contribution in [0.5, 0.6) is 5.75 Å². The Hall–Kier alpha value is -3.28. The number of carbonyl (C=O) groups excluding carboxylic acids is 2. The molecule has 0 aromatic heterocycles. The Morgan fingerprint density at radius 3 is 2.12 bits per heavy atom. The normalized spacial score (nSPS) is 17.8. The Balaban J connectivity index is 1.98. The second kappa shape index (κ2) is 8.34. The molecule has 0 aliphatic carbocycles. The van der Waals surface area contributed by atoms with E-state index >= 15 is 0 Å². The van der Waals surface area contributed by atoms with Gasteiger partial charge in [-0.3, -0.25) is 14.5 Å². The number of Topliss-reactive ketones (excluding diaryl/α,β-unsaturated/α-hetero) is 1. The lowest BCUT2D eigenvalue weighted by molar-refractivity contribution is -0.132. The molecule has 3 aromatic carbocycles. The molecule has 0 bridgehead atoms. The third-order valence-electron chi connectivity index (χ3n) is 5.33. The van der Waals surface area contributed by atoms with E-state index in [1.54, 1.807) is 42.5 Å². The number of halogens is 2. The summed E-state index contributed by atoms with van der Waals surface area (Å²) in [5.41, 5.74) is 3.11. The lowest BCUT2D eigenvalue weighted by Gasteiger charge is -2.26. The van der Waals surface area contributed by atoms with Crippen LogP contribution in [0.1, 0.15) is 28.3 Å². The maximum Gasteiger partial charge on any atom is 0.300 e. The fourth-order valence-electron chi connectivity index (χ4n) is 3.96. The SMILES string of the molecule is Cc1cc(C)cc(N2C(=O)C(=O)/C(=C(\O)c3ccc(Cl)cc3)C2c2ccc(O)c(Cl)c2)c1. The first-order valence-corrected chi connectivity index (χ1v) is 10.6. The molecule has 32 heavy (non-hydrogen) atoms. The summed E-state index contributed by atoms with van der Waals surface area (Å²) in [7, 11) is 0. The second-order valence-electron chi connectivity index (χ2n) is 7.73. The van der Waals surface area contributed by atoms with Crippen molar-refractivity contribution in [1.82, 2.24) is 0 Å². The van der Waals surface area contributed by atoms with Crippen LogP contribution >= 0.6 is 23.2 Å². The van der Waals surface area contributed by atoms with Crippen molar-refractivity contribution in [1.29, 1.82) is 0 Å². The molecule has 1 heterocycles. The van der Waals surface area contributed by atoms with Crippen LogP contribution < -0.4 is 4.90 Å². The average Bonchev–Trinajstić information content (AvgIpc) is 3.00. The number of carbonyl (C=O) groups is 2. The third-order valence-corrected chi connectivity index (χ3v) is 5.89. The summed E-state index contributed by atoms with van der Waals surface area (Å²) in [5, 5.41) is 21.5. The number of hydrogen-bond acceptors (Lipinski definition) is 4. The van der Waals surface area contributed by atoms with Crippen LogP contribution in [-0.4, -0.2) is 21.9 Å². The zero-order valence-corrected chi connectivity index (χ0v) is 18.8. The molecule has 4 rings (SSSR count). The van der Waals surface area contributed by atoms with Crippen molar-refractivity contribution in [3.63, 3.8) is 0 Å². The minimum absolute atomic E-state index is 0.0694. The molecular formula is C25H19Cl2NO4. The Labute approximate surface area is 195 Å². The molecule has 0 saturated carbocycles. The molecular weight excluding hydrogens is 449 g/mol. The zero-order valence-electron chi connectivity index (χ0n) is 17.3. The summed E-state index contributed by atoms with van der Waals surface area (Å²) in [5.74, 6) is -2.02. The molecule has 2 N–H and O–H groups in total. The van der Waals surface area contributed by atoms with Gasteiger partial charge in [-0.05, 0) is 79.1 Å². The van der Waals surface area contributed by atoms with Crippen molar-refractivity contribution in [3.05, 3.63) is 98.5 Å². The van der Waals surface area contributed by atoms with Crippen molar-refractivity contribution < 1.29 is 19.8 Å². The molecule has 1 aliphatic heterocycles. The maximum atomic E-state index is 13.2. The highest BCUT2D eigenvalue weighted by atomic mass is 35.5. The minimum Gasteiger partial charge on any atom is -0.507 e. The first kappa shape index (κ1) is 21.9. The van der Waals surface area contributed by atoms with Gasteiger partial charge in [0.05, 0.1) is 16.6 Å². The number of hydrogen-bond donors (Lipinski definition) is 2. The largest absolute Gasteiger partial charge is 0.507 e. The summed E-state index contributed by atoms with van der Waals surface area (Å²) in [6, 6.07) is 15.4. The van der Waals surface area contributed by atoms with Crippen molar-refractivity contribution in [2.24, 2.45) is 0 Å². The first-order chi connectivity index (χ1) is 15.2. The van der Waals surface area contributed by atoms with Crippen LogP contribution in [0.4, 0.5) is 5.69 Å². The highest BCUT2D eigenvalue weighted by Gasteiger charge is 2.47. The summed E-state index contributed by atoms with van der Waals surface area (Å²) >= 11 is 12.1. The fourth-order valence-corrected chi connectivity index (χ4v) is 4.28. The van der Waals surface area contributed by atoms with E-state index in [0.29, 0.717) is 21.8 Å². The summed E-state index contributed by atoms with van der Waals surface area (Å²) in [6.07, 6.45) is 0. The van der Waals surface area contributed by atoms with Crippen LogP contribution in [0.15, 0.2) is 66.2 Å². The smallest absolute Gasteiger partial charge is 0.300 e. The van der Waals surface area contributed by atoms with E-state index in [2.05, 4.69) is 0 Å². The van der Waals surface area contributed by atoms with E-state index in [1.807, 2.05) is 19.9 Å². The predicted molar refractivity (Wildman–Crippen MR) is 125 cm³/mol. The summed E-state index contributed by atoms with van der Waals surface area (Å²) in [6.45, 7) is 3.79. The molecule has 1 saturated heterocycles. The van der Waals surface area contributed by atoms with Gasteiger partial charge in [0.2, 0.25) is 0 Å². The molecule has 0 spiro atoms. The monoisotopic (exact) mass is 467 g/mol. The van der Waals surface area contributed by atoms with Crippen LogP contribution in [-0.2, 0) is 9.59 Å². The summed E-state index contributed by atoms with van der Waals surface area (Å²) < 4.78 is 0. The lowest BCUT2D eigenvalue weighted by atomic mass is 9.95. The number of anilines is 1. The number of aliphatic hydroxyl groups is 1. The number of phenolic OH excluding ortho intramolecular Hbond substituents is 1. The van der Waals surface area contributed by atoms with E-state index in [9.17, 15) is 19.8 Å². The number of rotatable bonds is 3. The van der Waals surface area contributed by atoms with Gasteiger partial charge in [0.15, 0.2) is 0 Å². The van der Waals surface area contributed by atoms with E-state index in [4.69, 9.17) is 23.2 Å². The molecule has 1 fully saturated rings. The van der Waals surface area contributed by atoms with Gasteiger partial charge >= 0.3 is 0 Å². The number of phenols is 1. The molecule has 3 aromatic rings. The molecule has 162 valence electrons.